The van der Waals surface area contributed by atoms with Crippen molar-refractivity contribution >= 4 is 24.2 Å². The van der Waals surface area contributed by atoms with Crippen LogP contribution in [0.3, 0.4) is 0 Å². The summed E-state index contributed by atoms with van der Waals surface area (Å²) in [6.45, 7) is 11.3. The molecule has 21 heavy (non-hydrogen) atoms. The Morgan fingerprint density at radius 1 is 1.10 bits per heavy atom. The number of methoxy groups -OCH3 is 2. The van der Waals surface area contributed by atoms with Gasteiger partial charge in [-0.25, -0.2) is 0 Å². The van der Waals surface area contributed by atoms with Gasteiger partial charge in [0.2, 0.25) is 0 Å². The number of hydrogen-bond acceptors (Lipinski definition) is 3. The highest BCUT2D eigenvalue weighted by atomic mass is 79.9. The molecule has 0 heterocycles. The van der Waals surface area contributed by atoms with Crippen molar-refractivity contribution < 1.29 is 13.9 Å². The summed E-state index contributed by atoms with van der Waals surface area (Å²) < 4.78 is 17.2. The molecule has 0 saturated heterocycles. The third-order valence-corrected chi connectivity index (χ3v) is 9.24. The molecule has 0 radical (unpaired) electrons. The molecule has 0 aliphatic heterocycles. The molecule has 0 fully saturated rings. The van der Waals surface area contributed by atoms with E-state index in [9.17, 15) is 0 Å². The van der Waals surface area contributed by atoms with Crippen LogP contribution in [0.25, 0.3) is 0 Å². The number of ether oxygens (including phenoxy) is 2. The first-order valence-corrected chi connectivity index (χ1v) is 11.1. The molecule has 0 amide bonds. The van der Waals surface area contributed by atoms with Gasteiger partial charge in [0, 0.05) is 5.33 Å². The number of benzene rings is 1. The Labute approximate surface area is 138 Å². The molecule has 120 valence electrons. The second-order valence-electron chi connectivity index (χ2n) is 6.64. The van der Waals surface area contributed by atoms with Crippen LogP contribution in [0.2, 0.25) is 18.1 Å². The Kier molecular flexibility index (Phi) is 6.32. The molecule has 1 aromatic carbocycles. The lowest BCUT2D eigenvalue weighted by Crippen LogP contribution is -2.42. The number of rotatable bonds is 6. The van der Waals surface area contributed by atoms with E-state index in [1.807, 2.05) is 18.2 Å². The number of hydrogen-bond donors (Lipinski definition) is 0. The van der Waals surface area contributed by atoms with Crippen LogP contribution < -0.4 is 9.47 Å². The van der Waals surface area contributed by atoms with E-state index in [-0.39, 0.29) is 11.1 Å². The largest absolute Gasteiger partial charge is 0.493 e. The zero-order chi connectivity index (χ0) is 16.3. The van der Waals surface area contributed by atoms with Crippen molar-refractivity contribution in [2.24, 2.45) is 0 Å². The van der Waals surface area contributed by atoms with E-state index in [4.69, 9.17) is 13.9 Å². The summed E-state index contributed by atoms with van der Waals surface area (Å²) in [5.74, 6) is 1.47. The summed E-state index contributed by atoms with van der Waals surface area (Å²) in [5.41, 5.74) is 1.11. The highest BCUT2D eigenvalue weighted by molar-refractivity contribution is 9.09. The van der Waals surface area contributed by atoms with E-state index < -0.39 is 8.32 Å². The molecule has 0 aliphatic carbocycles. The Hall–Kier alpha value is -0.523. The van der Waals surface area contributed by atoms with E-state index in [0.717, 1.165) is 22.4 Å². The van der Waals surface area contributed by atoms with Gasteiger partial charge in [0.1, 0.15) is 0 Å². The predicted octanol–water partition coefficient (Wildman–Crippen LogP) is 5.16. The highest BCUT2D eigenvalue weighted by Crippen LogP contribution is 2.41. The first kappa shape index (κ1) is 18.5. The van der Waals surface area contributed by atoms with Gasteiger partial charge < -0.3 is 13.9 Å². The zero-order valence-electron chi connectivity index (χ0n) is 14.1. The summed E-state index contributed by atoms with van der Waals surface area (Å²) >= 11 is 3.58. The van der Waals surface area contributed by atoms with Crippen LogP contribution in [0, 0.1) is 0 Å². The van der Waals surface area contributed by atoms with Crippen molar-refractivity contribution in [2.45, 2.75) is 45.0 Å². The Balaban J connectivity index is 3.06. The predicted molar refractivity (Wildman–Crippen MR) is 94.4 cm³/mol. The minimum Gasteiger partial charge on any atom is -0.493 e. The average Bonchev–Trinajstić information content (AvgIpc) is 2.42. The second kappa shape index (κ2) is 7.16. The normalized spacial score (nSPS) is 13.9. The van der Waals surface area contributed by atoms with Gasteiger partial charge in [0.05, 0.1) is 20.3 Å². The van der Waals surface area contributed by atoms with Crippen LogP contribution in [0.15, 0.2) is 18.2 Å². The van der Waals surface area contributed by atoms with Crippen molar-refractivity contribution in [3.63, 3.8) is 0 Å². The topological polar surface area (TPSA) is 27.7 Å². The van der Waals surface area contributed by atoms with Crippen LogP contribution in [0.1, 0.15) is 32.4 Å². The van der Waals surface area contributed by atoms with Crippen molar-refractivity contribution in [1.29, 1.82) is 0 Å². The molecule has 0 aliphatic rings. The molecule has 1 aromatic rings. The monoisotopic (exact) mass is 374 g/mol. The van der Waals surface area contributed by atoms with Gasteiger partial charge in [-0.15, -0.1) is 0 Å². The standard InChI is InChI=1S/C16H27BrO3Si/c1-16(2,3)21(6,7)20-15(11-17)12-8-9-13(18-4)14(10-12)19-5/h8-10,15H,11H2,1-7H3. The van der Waals surface area contributed by atoms with E-state index in [2.05, 4.69) is 49.8 Å². The third-order valence-electron chi connectivity index (χ3n) is 4.16. The van der Waals surface area contributed by atoms with Crippen LogP contribution >= 0.6 is 15.9 Å². The van der Waals surface area contributed by atoms with Gasteiger partial charge in [0.25, 0.3) is 0 Å². The maximum atomic E-state index is 6.51. The van der Waals surface area contributed by atoms with Crippen molar-refractivity contribution in [1.82, 2.24) is 0 Å². The molecule has 3 nitrogen and oxygen atoms in total. The summed E-state index contributed by atoms with van der Waals surface area (Å²) in [5, 5.41) is 0.943. The van der Waals surface area contributed by atoms with Gasteiger partial charge in [-0.3, -0.25) is 0 Å². The molecule has 0 bridgehead atoms. The lowest BCUT2D eigenvalue weighted by atomic mass is 10.1. The molecular formula is C16H27BrO3Si. The smallest absolute Gasteiger partial charge is 0.192 e. The molecule has 0 spiro atoms. The molecule has 0 aromatic heterocycles. The molecular weight excluding hydrogens is 348 g/mol. The Bertz CT molecular complexity index is 469. The van der Waals surface area contributed by atoms with E-state index in [1.165, 1.54) is 0 Å². The van der Waals surface area contributed by atoms with Gasteiger partial charge in [-0.05, 0) is 35.8 Å². The molecule has 0 saturated carbocycles. The quantitative estimate of drug-likeness (QED) is 0.508. The fourth-order valence-electron chi connectivity index (χ4n) is 1.77. The molecule has 5 heteroatoms. The maximum Gasteiger partial charge on any atom is 0.192 e. The first-order valence-electron chi connectivity index (χ1n) is 7.12. The first-order chi connectivity index (χ1) is 9.66. The van der Waals surface area contributed by atoms with Gasteiger partial charge in [-0.1, -0.05) is 42.8 Å². The lowest BCUT2D eigenvalue weighted by molar-refractivity contribution is 0.208. The zero-order valence-corrected chi connectivity index (χ0v) is 16.7. The van der Waals surface area contributed by atoms with Crippen molar-refractivity contribution in [3.8, 4) is 11.5 Å². The van der Waals surface area contributed by atoms with Crippen molar-refractivity contribution in [3.05, 3.63) is 23.8 Å². The van der Waals surface area contributed by atoms with Crippen LogP contribution in [0.5, 0.6) is 11.5 Å². The average molecular weight is 375 g/mol. The van der Waals surface area contributed by atoms with Crippen molar-refractivity contribution in [2.75, 3.05) is 19.5 Å². The highest BCUT2D eigenvalue weighted by Gasteiger charge is 2.39. The Morgan fingerprint density at radius 2 is 1.67 bits per heavy atom. The fourth-order valence-corrected chi connectivity index (χ4v) is 3.81. The summed E-state index contributed by atoms with van der Waals surface area (Å²) in [7, 11) is 1.47. The SMILES string of the molecule is COc1ccc(C(CBr)O[Si](C)(C)C(C)(C)C)cc1OC. The lowest BCUT2D eigenvalue weighted by Gasteiger charge is -2.39. The van der Waals surface area contributed by atoms with Gasteiger partial charge in [-0.2, -0.15) is 0 Å². The van der Waals surface area contributed by atoms with E-state index >= 15 is 0 Å². The van der Waals surface area contributed by atoms with E-state index in [1.54, 1.807) is 14.2 Å². The van der Waals surface area contributed by atoms with Crippen LogP contribution in [0.4, 0.5) is 0 Å². The fraction of sp³-hybridized carbons (Fsp3) is 0.625. The number of alkyl halides is 1. The minimum absolute atomic E-state index is 0.0192. The molecule has 1 atom stereocenters. The Morgan fingerprint density at radius 3 is 2.10 bits per heavy atom. The molecule has 0 N–H and O–H groups in total. The minimum atomic E-state index is -1.82. The number of halogens is 1. The summed E-state index contributed by atoms with van der Waals surface area (Å²) in [6, 6.07) is 5.97. The van der Waals surface area contributed by atoms with Crippen LogP contribution in [-0.4, -0.2) is 27.9 Å². The summed E-state index contributed by atoms with van der Waals surface area (Å²) in [4.78, 5) is 0. The van der Waals surface area contributed by atoms with Gasteiger partial charge >= 0.3 is 0 Å². The van der Waals surface area contributed by atoms with Crippen LogP contribution in [-0.2, 0) is 4.43 Å². The third kappa shape index (κ3) is 4.47. The summed E-state index contributed by atoms with van der Waals surface area (Å²) in [6.07, 6.45) is 0.0192. The molecule has 1 unspecified atom stereocenters. The maximum absolute atomic E-state index is 6.51. The van der Waals surface area contributed by atoms with Gasteiger partial charge in [0.15, 0.2) is 19.8 Å². The molecule has 1 rings (SSSR count). The second-order valence-corrected chi connectivity index (χ2v) is 12.0. The van der Waals surface area contributed by atoms with E-state index in [0.29, 0.717) is 0 Å².